The highest BCUT2D eigenvalue weighted by atomic mass is 32.1. The zero-order valence-electron chi connectivity index (χ0n) is 11.5. The number of hydrogen-bond donors (Lipinski definition) is 1. The summed E-state index contributed by atoms with van der Waals surface area (Å²) in [6, 6.07) is 5.93. The summed E-state index contributed by atoms with van der Waals surface area (Å²) in [6.07, 6.45) is 3.50. The van der Waals surface area contributed by atoms with Crippen LogP contribution in [0.4, 0.5) is 5.13 Å². The van der Waals surface area contributed by atoms with E-state index in [1.807, 2.05) is 30.5 Å². The van der Waals surface area contributed by atoms with Crippen LogP contribution in [0, 0.1) is 0 Å². The van der Waals surface area contributed by atoms with Gasteiger partial charge in [-0.2, -0.15) is 0 Å². The second kappa shape index (κ2) is 7.55. The van der Waals surface area contributed by atoms with Crippen LogP contribution in [0.2, 0.25) is 0 Å². The molecule has 1 heterocycles. The second-order valence-electron chi connectivity index (χ2n) is 4.00. The highest BCUT2D eigenvalue weighted by molar-refractivity contribution is 7.13. The molecule has 2 aromatic rings. The third-order valence-electron chi connectivity index (χ3n) is 2.54. The number of rotatable bonds is 8. The van der Waals surface area contributed by atoms with Crippen molar-refractivity contribution < 1.29 is 9.47 Å². The SMILES string of the molecule is C=CCOc1ccc(CNc2nccs2)cc1OCC. The average Bonchev–Trinajstić information content (AvgIpc) is 2.98. The van der Waals surface area contributed by atoms with Crippen molar-refractivity contribution in [1.29, 1.82) is 0 Å². The fourth-order valence-electron chi connectivity index (χ4n) is 1.69. The summed E-state index contributed by atoms with van der Waals surface area (Å²) >= 11 is 1.58. The smallest absolute Gasteiger partial charge is 0.182 e. The Kier molecular flexibility index (Phi) is 5.43. The Morgan fingerprint density at radius 3 is 2.95 bits per heavy atom. The minimum Gasteiger partial charge on any atom is -0.490 e. The van der Waals surface area contributed by atoms with Gasteiger partial charge in [0.1, 0.15) is 6.61 Å². The summed E-state index contributed by atoms with van der Waals surface area (Å²) in [5.74, 6) is 1.50. The number of nitrogens with zero attached hydrogens (tertiary/aromatic N) is 1. The van der Waals surface area contributed by atoms with Gasteiger partial charge in [-0.05, 0) is 24.6 Å². The van der Waals surface area contributed by atoms with E-state index < -0.39 is 0 Å². The zero-order chi connectivity index (χ0) is 14.2. The first-order valence-corrected chi connectivity index (χ1v) is 7.34. The van der Waals surface area contributed by atoms with Crippen molar-refractivity contribution in [1.82, 2.24) is 4.98 Å². The highest BCUT2D eigenvalue weighted by Gasteiger charge is 2.06. The predicted octanol–water partition coefficient (Wildman–Crippen LogP) is 3.72. The summed E-state index contributed by atoms with van der Waals surface area (Å²) in [5.41, 5.74) is 1.12. The van der Waals surface area contributed by atoms with E-state index in [9.17, 15) is 0 Å². The van der Waals surface area contributed by atoms with Gasteiger partial charge in [0.05, 0.1) is 6.61 Å². The van der Waals surface area contributed by atoms with Crippen LogP contribution in [0.1, 0.15) is 12.5 Å². The lowest BCUT2D eigenvalue weighted by molar-refractivity contribution is 0.296. The van der Waals surface area contributed by atoms with E-state index in [2.05, 4.69) is 16.9 Å². The molecule has 0 atom stereocenters. The molecule has 1 N–H and O–H groups in total. The molecule has 0 radical (unpaired) electrons. The van der Waals surface area contributed by atoms with Gasteiger partial charge < -0.3 is 14.8 Å². The fourth-order valence-corrected chi connectivity index (χ4v) is 2.21. The standard InChI is InChI=1S/C15H18N2O2S/c1-3-8-19-13-6-5-12(10-14(13)18-4-2)11-17-15-16-7-9-20-15/h3,5-7,9-10H,1,4,8,11H2,2H3,(H,16,17). The minimum atomic E-state index is 0.469. The Morgan fingerprint density at radius 2 is 2.25 bits per heavy atom. The van der Waals surface area contributed by atoms with Gasteiger partial charge >= 0.3 is 0 Å². The molecule has 2 rings (SSSR count). The number of thiazole rings is 1. The maximum absolute atomic E-state index is 5.61. The van der Waals surface area contributed by atoms with Crippen LogP contribution >= 0.6 is 11.3 Å². The highest BCUT2D eigenvalue weighted by Crippen LogP contribution is 2.29. The lowest BCUT2D eigenvalue weighted by atomic mass is 10.2. The first-order chi connectivity index (χ1) is 9.83. The first kappa shape index (κ1) is 14.4. The molecule has 0 aliphatic heterocycles. The number of anilines is 1. The third-order valence-corrected chi connectivity index (χ3v) is 3.27. The Labute approximate surface area is 123 Å². The summed E-state index contributed by atoms with van der Waals surface area (Å²) in [4.78, 5) is 4.19. The Morgan fingerprint density at radius 1 is 1.35 bits per heavy atom. The van der Waals surface area contributed by atoms with Gasteiger partial charge in [-0.1, -0.05) is 18.7 Å². The van der Waals surface area contributed by atoms with Crippen LogP contribution in [-0.4, -0.2) is 18.2 Å². The van der Waals surface area contributed by atoms with E-state index in [-0.39, 0.29) is 0 Å². The molecule has 20 heavy (non-hydrogen) atoms. The van der Waals surface area contributed by atoms with Gasteiger partial charge in [0.2, 0.25) is 0 Å². The topological polar surface area (TPSA) is 43.4 Å². The number of nitrogens with one attached hydrogen (secondary N) is 1. The molecule has 0 aliphatic rings. The van der Waals surface area contributed by atoms with Gasteiger partial charge in [-0.15, -0.1) is 11.3 Å². The molecule has 0 fully saturated rings. The molecule has 106 valence electrons. The molecule has 1 aromatic heterocycles. The van der Waals surface area contributed by atoms with Crippen LogP contribution in [-0.2, 0) is 6.54 Å². The molecule has 0 saturated heterocycles. The lowest BCUT2D eigenvalue weighted by Gasteiger charge is -2.12. The van der Waals surface area contributed by atoms with Gasteiger partial charge in [0.25, 0.3) is 0 Å². The molecule has 0 spiro atoms. The quantitative estimate of drug-likeness (QED) is 0.753. The molecule has 4 nitrogen and oxygen atoms in total. The summed E-state index contributed by atoms with van der Waals surface area (Å²) in [7, 11) is 0. The van der Waals surface area contributed by atoms with Crippen LogP contribution in [0.25, 0.3) is 0 Å². The molecule has 1 aromatic carbocycles. The first-order valence-electron chi connectivity index (χ1n) is 6.46. The summed E-state index contributed by atoms with van der Waals surface area (Å²) in [5, 5.41) is 6.12. The molecule has 0 amide bonds. The van der Waals surface area contributed by atoms with Crippen LogP contribution < -0.4 is 14.8 Å². The summed E-state index contributed by atoms with van der Waals surface area (Å²) in [6.45, 7) is 7.38. The largest absolute Gasteiger partial charge is 0.490 e. The van der Waals surface area contributed by atoms with E-state index in [0.29, 0.717) is 19.8 Å². The Hall–Kier alpha value is -2.01. The van der Waals surface area contributed by atoms with Gasteiger partial charge in [-0.25, -0.2) is 4.98 Å². The molecule has 0 unspecified atom stereocenters. The van der Waals surface area contributed by atoms with Gasteiger partial charge in [0.15, 0.2) is 16.6 Å². The fraction of sp³-hybridized carbons (Fsp3) is 0.267. The van der Waals surface area contributed by atoms with Crippen LogP contribution in [0.3, 0.4) is 0 Å². The molecule has 0 aliphatic carbocycles. The van der Waals surface area contributed by atoms with E-state index in [0.717, 1.165) is 22.2 Å². The van der Waals surface area contributed by atoms with Crippen molar-refractivity contribution in [2.45, 2.75) is 13.5 Å². The molecular weight excluding hydrogens is 272 g/mol. The van der Waals surface area contributed by atoms with Crippen molar-refractivity contribution in [2.24, 2.45) is 0 Å². The number of benzene rings is 1. The zero-order valence-corrected chi connectivity index (χ0v) is 12.3. The Bertz CT molecular complexity index is 541. The number of aromatic nitrogens is 1. The van der Waals surface area contributed by atoms with E-state index in [1.165, 1.54) is 0 Å². The van der Waals surface area contributed by atoms with Crippen molar-refractivity contribution in [3.8, 4) is 11.5 Å². The summed E-state index contributed by atoms with van der Waals surface area (Å²) < 4.78 is 11.2. The number of hydrogen-bond acceptors (Lipinski definition) is 5. The van der Waals surface area contributed by atoms with Gasteiger partial charge in [0, 0.05) is 18.1 Å². The van der Waals surface area contributed by atoms with Crippen LogP contribution in [0.15, 0.2) is 42.4 Å². The monoisotopic (exact) mass is 290 g/mol. The maximum atomic E-state index is 5.61. The predicted molar refractivity (Wildman–Crippen MR) is 82.7 cm³/mol. The van der Waals surface area contributed by atoms with E-state index in [1.54, 1.807) is 23.6 Å². The minimum absolute atomic E-state index is 0.469. The normalized spacial score (nSPS) is 10.1. The molecule has 5 heteroatoms. The third kappa shape index (κ3) is 3.99. The molecule has 0 saturated carbocycles. The van der Waals surface area contributed by atoms with E-state index in [4.69, 9.17) is 9.47 Å². The second-order valence-corrected chi connectivity index (χ2v) is 4.90. The van der Waals surface area contributed by atoms with Crippen molar-refractivity contribution in [2.75, 3.05) is 18.5 Å². The lowest BCUT2D eigenvalue weighted by Crippen LogP contribution is -2.02. The van der Waals surface area contributed by atoms with Gasteiger partial charge in [-0.3, -0.25) is 0 Å². The molecule has 0 bridgehead atoms. The molecular formula is C15H18N2O2S. The Balaban J connectivity index is 2.05. The maximum Gasteiger partial charge on any atom is 0.182 e. The van der Waals surface area contributed by atoms with Crippen molar-refractivity contribution >= 4 is 16.5 Å². The average molecular weight is 290 g/mol. The van der Waals surface area contributed by atoms with Crippen molar-refractivity contribution in [3.05, 3.63) is 48.0 Å². The number of ether oxygens (including phenoxy) is 2. The van der Waals surface area contributed by atoms with Crippen LogP contribution in [0.5, 0.6) is 11.5 Å². The van der Waals surface area contributed by atoms with Crippen molar-refractivity contribution in [3.63, 3.8) is 0 Å². The van der Waals surface area contributed by atoms with E-state index >= 15 is 0 Å².